The first-order valence-corrected chi connectivity index (χ1v) is 8.97. The summed E-state index contributed by atoms with van der Waals surface area (Å²) < 4.78 is 26.5. The van der Waals surface area contributed by atoms with Gasteiger partial charge in [0.25, 0.3) is 0 Å². The van der Waals surface area contributed by atoms with Crippen molar-refractivity contribution in [1.82, 2.24) is 9.62 Å². The zero-order chi connectivity index (χ0) is 16.2. The molecule has 0 radical (unpaired) electrons. The van der Waals surface area contributed by atoms with Crippen molar-refractivity contribution in [3.63, 3.8) is 0 Å². The van der Waals surface area contributed by atoms with Gasteiger partial charge >= 0.3 is 0 Å². The molecule has 1 aromatic rings. The Kier molecular flexibility index (Phi) is 7.47. The maximum atomic E-state index is 12.5. The number of benzene rings is 1. The van der Waals surface area contributed by atoms with Crippen molar-refractivity contribution in [3.8, 4) is 0 Å². The standard InChI is InChI=1S/C15H23N3O3S.ClH/c1-12(16)15(19)17-11-13-5-7-14(8-6-13)22(20,21)18-9-3-2-4-10-18;/h5-8,12H,2-4,9-11,16H2,1H3,(H,17,19);1H. The van der Waals surface area contributed by atoms with Gasteiger partial charge in [0, 0.05) is 19.6 Å². The molecule has 1 aliphatic rings. The van der Waals surface area contributed by atoms with Gasteiger partial charge in [0.1, 0.15) is 0 Å². The van der Waals surface area contributed by atoms with E-state index >= 15 is 0 Å². The molecule has 23 heavy (non-hydrogen) atoms. The van der Waals surface area contributed by atoms with E-state index in [1.165, 1.54) is 0 Å². The van der Waals surface area contributed by atoms with Crippen LogP contribution in [0.15, 0.2) is 29.2 Å². The van der Waals surface area contributed by atoms with Crippen LogP contribution in [0.5, 0.6) is 0 Å². The SMILES string of the molecule is CC(N)C(=O)NCc1ccc(S(=O)(=O)N2CCCCC2)cc1.Cl. The van der Waals surface area contributed by atoms with Gasteiger partial charge in [-0.05, 0) is 37.5 Å². The Morgan fingerprint density at radius 3 is 2.30 bits per heavy atom. The first-order chi connectivity index (χ1) is 10.4. The highest BCUT2D eigenvalue weighted by atomic mass is 35.5. The van der Waals surface area contributed by atoms with Gasteiger partial charge in [-0.25, -0.2) is 8.42 Å². The van der Waals surface area contributed by atoms with E-state index in [1.807, 2.05) is 0 Å². The van der Waals surface area contributed by atoms with E-state index in [9.17, 15) is 13.2 Å². The fraction of sp³-hybridized carbons (Fsp3) is 0.533. The Bertz CT molecular complexity index is 611. The smallest absolute Gasteiger partial charge is 0.243 e. The minimum absolute atomic E-state index is 0. The highest BCUT2D eigenvalue weighted by Crippen LogP contribution is 2.20. The van der Waals surface area contributed by atoms with Crippen molar-refractivity contribution in [1.29, 1.82) is 0 Å². The molecule has 3 N–H and O–H groups in total. The maximum absolute atomic E-state index is 12.5. The van der Waals surface area contributed by atoms with Crippen molar-refractivity contribution in [2.45, 2.75) is 43.7 Å². The number of carbonyl (C=O) groups is 1. The van der Waals surface area contributed by atoms with Gasteiger partial charge in [-0.1, -0.05) is 18.6 Å². The fourth-order valence-electron chi connectivity index (χ4n) is 2.38. The van der Waals surface area contributed by atoms with Crippen LogP contribution >= 0.6 is 12.4 Å². The van der Waals surface area contributed by atoms with E-state index in [-0.39, 0.29) is 18.3 Å². The third-order valence-corrected chi connectivity index (χ3v) is 5.67. The van der Waals surface area contributed by atoms with Gasteiger partial charge in [0.05, 0.1) is 10.9 Å². The lowest BCUT2D eigenvalue weighted by Gasteiger charge is -2.25. The topological polar surface area (TPSA) is 92.5 Å². The summed E-state index contributed by atoms with van der Waals surface area (Å²) in [6.07, 6.45) is 2.92. The second-order valence-electron chi connectivity index (χ2n) is 5.62. The molecule has 0 spiro atoms. The molecule has 1 heterocycles. The summed E-state index contributed by atoms with van der Waals surface area (Å²) in [5.41, 5.74) is 6.31. The number of rotatable bonds is 5. The highest BCUT2D eigenvalue weighted by Gasteiger charge is 2.25. The number of sulfonamides is 1. The second kappa shape index (κ2) is 8.63. The average Bonchev–Trinajstić information content (AvgIpc) is 2.53. The molecule has 8 heteroatoms. The molecule has 0 aromatic heterocycles. The van der Waals surface area contributed by atoms with E-state index in [4.69, 9.17) is 5.73 Å². The molecule has 1 amide bonds. The number of nitrogens with one attached hydrogen (secondary N) is 1. The van der Waals surface area contributed by atoms with Crippen LogP contribution in [0.25, 0.3) is 0 Å². The largest absolute Gasteiger partial charge is 0.351 e. The number of hydrogen-bond donors (Lipinski definition) is 2. The summed E-state index contributed by atoms with van der Waals surface area (Å²) in [6.45, 7) is 3.14. The summed E-state index contributed by atoms with van der Waals surface area (Å²) in [5.74, 6) is -0.231. The fourth-order valence-corrected chi connectivity index (χ4v) is 3.90. The lowest BCUT2D eigenvalue weighted by Crippen LogP contribution is -2.37. The van der Waals surface area contributed by atoms with Gasteiger partial charge < -0.3 is 11.1 Å². The molecular weight excluding hydrogens is 338 g/mol. The predicted molar refractivity (Wildman–Crippen MR) is 91.8 cm³/mol. The van der Waals surface area contributed by atoms with Gasteiger partial charge in [-0.2, -0.15) is 4.31 Å². The van der Waals surface area contributed by atoms with Crippen molar-refractivity contribution in [3.05, 3.63) is 29.8 Å². The number of nitrogens with two attached hydrogens (primary N) is 1. The molecule has 1 aromatic carbocycles. The average molecular weight is 362 g/mol. The highest BCUT2D eigenvalue weighted by molar-refractivity contribution is 7.89. The first kappa shape index (κ1) is 19.9. The minimum Gasteiger partial charge on any atom is -0.351 e. The Labute approximate surface area is 143 Å². The van der Waals surface area contributed by atoms with E-state index in [0.29, 0.717) is 24.5 Å². The Hall–Kier alpha value is -1.15. The minimum atomic E-state index is -3.40. The van der Waals surface area contributed by atoms with Crippen LogP contribution in [0.2, 0.25) is 0 Å². The molecule has 0 bridgehead atoms. The molecule has 1 atom stereocenters. The number of carbonyl (C=O) groups excluding carboxylic acids is 1. The summed E-state index contributed by atoms with van der Waals surface area (Å²) >= 11 is 0. The van der Waals surface area contributed by atoms with E-state index in [1.54, 1.807) is 35.5 Å². The van der Waals surface area contributed by atoms with Crippen LogP contribution in [0.4, 0.5) is 0 Å². The van der Waals surface area contributed by atoms with Crippen LogP contribution in [-0.2, 0) is 21.4 Å². The molecule has 1 aliphatic heterocycles. The van der Waals surface area contributed by atoms with E-state index < -0.39 is 16.1 Å². The quantitative estimate of drug-likeness (QED) is 0.825. The van der Waals surface area contributed by atoms with Gasteiger partial charge in [-0.3, -0.25) is 4.79 Å². The van der Waals surface area contributed by atoms with E-state index in [2.05, 4.69) is 5.32 Å². The lowest BCUT2D eigenvalue weighted by molar-refractivity contribution is -0.122. The molecule has 2 rings (SSSR count). The summed E-state index contributed by atoms with van der Waals surface area (Å²) in [4.78, 5) is 11.7. The van der Waals surface area contributed by atoms with Gasteiger partial charge in [0.15, 0.2) is 0 Å². The van der Waals surface area contributed by atoms with Crippen LogP contribution in [0.1, 0.15) is 31.7 Å². The van der Waals surface area contributed by atoms with Crippen LogP contribution in [0.3, 0.4) is 0 Å². The van der Waals surface area contributed by atoms with Crippen molar-refractivity contribution >= 4 is 28.3 Å². The number of amides is 1. The van der Waals surface area contributed by atoms with Crippen molar-refractivity contribution < 1.29 is 13.2 Å². The summed E-state index contributed by atoms with van der Waals surface area (Å²) in [5, 5.41) is 2.70. The Morgan fingerprint density at radius 1 is 1.22 bits per heavy atom. The zero-order valence-electron chi connectivity index (χ0n) is 13.2. The molecular formula is C15H24ClN3O3S. The Balaban J connectivity index is 0.00000264. The predicted octanol–water partition coefficient (Wildman–Crippen LogP) is 1.25. The molecule has 130 valence electrons. The first-order valence-electron chi connectivity index (χ1n) is 7.53. The molecule has 1 fully saturated rings. The number of nitrogens with zero attached hydrogens (tertiary/aromatic N) is 1. The molecule has 1 unspecified atom stereocenters. The van der Waals surface area contributed by atoms with Crippen molar-refractivity contribution in [2.75, 3.05) is 13.1 Å². The zero-order valence-corrected chi connectivity index (χ0v) is 14.8. The lowest BCUT2D eigenvalue weighted by atomic mass is 10.2. The monoisotopic (exact) mass is 361 g/mol. The molecule has 6 nitrogen and oxygen atoms in total. The third-order valence-electron chi connectivity index (χ3n) is 3.76. The van der Waals surface area contributed by atoms with Crippen molar-refractivity contribution in [2.24, 2.45) is 5.73 Å². The number of piperidine rings is 1. The maximum Gasteiger partial charge on any atom is 0.243 e. The van der Waals surface area contributed by atoms with E-state index in [0.717, 1.165) is 24.8 Å². The number of halogens is 1. The third kappa shape index (κ3) is 5.17. The molecule has 0 saturated carbocycles. The summed E-state index contributed by atoms with van der Waals surface area (Å²) in [7, 11) is -3.40. The normalized spacial score (nSPS) is 17.1. The molecule has 1 saturated heterocycles. The Morgan fingerprint density at radius 2 is 1.78 bits per heavy atom. The van der Waals surface area contributed by atoms with Crippen LogP contribution in [0, 0.1) is 0 Å². The molecule has 0 aliphatic carbocycles. The summed E-state index contributed by atoms with van der Waals surface area (Å²) in [6, 6.07) is 6.07. The van der Waals surface area contributed by atoms with Gasteiger partial charge in [-0.15, -0.1) is 12.4 Å². The van der Waals surface area contributed by atoms with Gasteiger partial charge in [0.2, 0.25) is 15.9 Å². The van der Waals surface area contributed by atoms with Crippen LogP contribution in [-0.4, -0.2) is 37.8 Å². The number of hydrogen-bond acceptors (Lipinski definition) is 4. The second-order valence-corrected chi connectivity index (χ2v) is 7.55. The van der Waals surface area contributed by atoms with Crippen LogP contribution < -0.4 is 11.1 Å².